The van der Waals surface area contributed by atoms with Crippen LogP contribution >= 0.6 is 0 Å². The lowest BCUT2D eigenvalue weighted by molar-refractivity contribution is 0.190. The molecule has 28 heavy (non-hydrogen) atoms. The van der Waals surface area contributed by atoms with E-state index in [0.717, 1.165) is 24.0 Å². The molecule has 1 aliphatic rings. The summed E-state index contributed by atoms with van der Waals surface area (Å²) in [5, 5.41) is 22.9. The number of phenolic OH excluding ortho intramolecular Hbond substituents is 1. The molecule has 1 heterocycles. The fourth-order valence-corrected chi connectivity index (χ4v) is 4.18. The number of halogens is 1. The lowest BCUT2D eigenvalue weighted by Crippen LogP contribution is -2.33. The van der Waals surface area contributed by atoms with Crippen molar-refractivity contribution < 1.29 is 19.4 Å². The van der Waals surface area contributed by atoms with Crippen molar-refractivity contribution in [3.05, 3.63) is 69.4 Å². The highest BCUT2D eigenvalue weighted by atomic mass is 19.1. The minimum absolute atomic E-state index is 0.137. The van der Waals surface area contributed by atoms with Crippen LogP contribution in [0.25, 0.3) is 16.5 Å². The Bertz CT molecular complexity index is 1170. The molecular weight excluding hydrogens is 363 g/mol. The van der Waals surface area contributed by atoms with Crippen LogP contribution in [0, 0.1) is 5.82 Å². The van der Waals surface area contributed by atoms with Crippen LogP contribution in [0.3, 0.4) is 0 Å². The smallest absolute Gasteiger partial charge is 0.405 e. The standard InChI is InChI=1S/C21H19FN2O4/c1-11(23-21(27)28)19-15-7-2-4-12-8-9-16(25)18(17(12)15)20(26)24(19)14-6-3-5-13(22)10-14/h3,5-6,8-11,23,25H,2,4,7H2,1H3,(H,27,28)/t11-/m0/s1. The molecule has 0 saturated heterocycles. The molecule has 0 spiro atoms. The number of hydrogen-bond donors (Lipinski definition) is 3. The van der Waals surface area contributed by atoms with Crippen LogP contribution in [-0.2, 0) is 12.8 Å². The molecule has 0 saturated carbocycles. The molecule has 1 aliphatic carbocycles. The lowest BCUT2D eigenvalue weighted by Gasteiger charge is -2.27. The lowest BCUT2D eigenvalue weighted by atomic mass is 9.86. The predicted molar refractivity (Wildman–Crippen MR) is 103 cm³/mol. The molecule has 1 amide bonds. The van der Waals surface area contributed by atoms with Crippen molar-refractivity contribution in [1.29, 1.82) is 0 Å². The summed E-state index contributed by atoms with van der Waals surface area (Å²) in [7, 11) is 0. The van der Waals surface area contributed by atoms with Crippen molar-refractivity contribution in [3.63, 3.8) is 0 Å². The van der Waals surface area contributed by atoms with E-state index in [0.29, 0.717) is 17.5 Å². The number of carbonyl (C=O) groups is 1. The summed E-state index contributed by atoms with van der Waals surface area (Å²) in [6.45, 7) is 1.65. The van der Waals surface area contributed by atoms with Crippen LogP contribution in [0.2, 0.25) is 0 Å². The van der Waals surface area contributed by atoms with E-state index < -0.39 is 23.5 Å². The number of nitrogens with one attached hydrogen (secondary N) is 1. The van der Waals surface area contributed by atoms with E-state index in [4.69, 9.17) is 0 Å². The number of aromatic nitrogens is 1. The second-order valence-electron chi connectivity index (χ2n) is 7.00. The summed E-state index contributed by atoms with van der Waals surface area (Å²) in [5.74, 6) is -0.650. The van der Waals surface area contributed by atoms with Gasteiger partial charge in [0.15, 0.2) is 0 Å². The van der Waals surface area contributed by atoms with E-state index in [2.05, 4.69) is 5.32 Å². The van der Waals surface area contributed by atoms with Gasteiger partial charge in [0, 0.05) is 0 Å². The molecule has 1 aromatic heterocycles. The first-order valence-corrected chi connectivity index (χ1v) is 9.06. The monoisotopic (exact) mass is 382 g/mol. The maximum absolute atomic E-state index is 13.9. The van der Waals surface area contributed by atoms with Crippen molar-refractivity contribution in [1.82, 2.24) is 9.88 Å². The molecule has 0 unspecified atom stereocenters. The van der Waals surface area contributed by atoms with Gasteiger partial charge in [0.05, 0.1) is 22.8 Å². The van der Waals surface area contributed by atoms with E-state index in [9.17, 15) is 24.2 Å². The van der Waals surface area contributed by atoms with Gasteiger partial charge >= 0.3 is 6.09 Å². The molecule has 0 aliphatic heterocycles. The normalized spacial score (nSPS) is 14.1. The maximum atomic E-state index is 13.9. The molecule has 7 heteroatoms. The second-order valence-corrected chi connectivity index (χ2v) is 7.00. The largest absolute Gasteiger partial charge is 0.507 e. The number of pyridine rings is 1. The molecule has 0 fully saturated rings. The highest BCUT2D eigenvalue weighted by molar-refractivity contribution is 5.94. The number of hydrogen-bond acceptors (Lipinski definition) is 3. The zero-order chi connectivity index (χ0) is 20.0. The number of aryl methyl sites for hydroxylation is 2. The van der Waals surface area contributed by atoms with E-state index >= 15 is 0 Å². The number of carboxylic acid groups (broad SMARTS) is 1. The van der Waals surface area contributed by atoms with Gasteiger partial charge in [0.2, 0.25) is 0 Å². The maximum Gasteiger partial charge on any atom is 0.405 e. The van der Waals surface area contributed by atoms with Crippen LogP contribution in [-0.4, -0.2) is 20.9 Å². The Morgan fingerprint density at radius 1 is 1.21 bits per heavy atom. The van der Waals surface area contributed by atoms with Gasteiger partial charge in [-0.05, 0) is 67.0 Å². The summed E-state index contributed by atoms with van der Waals surface area (Å²) in [4.78, 5) is 24.7. The molecular formula is C21H19FN2O4. The average Bonchev–Trinajstić information content (AvgIpc) is 2.64. The van der Waals surface area contributed by atoms with E-state index in [-0.39, 0.29) is 16.8 Å². The number of nitrogens with zero attached hydrogens (tertiary/aromatic N) is 1. The van der Waals surface area contributed by atoms with Crippen LogP contribution < -0.4 is 10.9 Å². The highest BCUT2D eigenvalue weighted by Crippen LogP contribution is 2.37. The van der Waals surface area contributed by atoms with Gasteiger partial charge in [-0.15, -0.1) is 0 Å². The molecule has 0 bridgehead atoms. The van der Waals surface area contributed by atoms with Crippen molar-refractivity contribution in [2.75, 3.05) is 0 Å². The first kappa shape index (κ1) is 18.0. The number of phenols is 1. The summed E-state index contributed by atoms with van der Waals surface area (Å²) in [6.07, 6.45) is 1.02. The number of benzene rings is 2. The third-order valence-corrected chi connectivity index (χ3v) is 5.23. The number of aromatic hydroxyl groups is 1. The molecule has 2 aromatic carbocycles. The topological polar surface area (TPSA) is 91.6 Å². The minimum Gasteiger partial charge on any atom is -0.507 e. The van der Waals surface area contributed by atoms with Crippen molar-refractivity contribution >= 4 is 16.9 Å². The Hall–Kier alpha value is -3.35. The predicted octanol–water partition coefficient (Wildman–Crippen LogP) is 3.65. The minimum atomic E-state index is -1.22. The summed E-state index contributed by atoms with van der Waals surface area (Å²) < 4.78 is 15.2. The molecule has 4 rings (SSSR count). The van der Waals surface area contributed by atoms with Crippen LogP contribution in [0.15, 0.2) is 41.2 Å². The zero-order valence-electron chi connectivity index (χ0n) is 15.2. The Morgan fingerprint density at radius 3 is 2.71 bits per heavy atom. The van der Waals surface area contributed by atoms with Crippen LogP contribution in [0.5, 0.6) is 5.75 Å². The number of amides is 1. The van der Waals surface area contributed by atoms with Gasteiger partial charge in [-0.2, -0.15) is 0 Å². The Morgan fingerprint density at radius 2 is 2.00 bits per heavy atom. The van der Waals surface area contributed by atoms with Crippen LogP contribution in [0.1, 0.15) is 36.2 Å². The summed E-state index contributed by atoms with van der Waals surface area (Å²) >= 11 is 0. The molecule has 144 valence electrons. The fourth-order valence-electron chi connectivity index (χ4n) is 4.18. The Balaban J connectivity index is 2.18. The first-order valence-electron chi connectivity index (χ1n) is 9.06. The molecule has 6 nitrogen and oxygen atoms in total. The van der Waals surface area contributed by atoms with E-state index in [1.165, 1.54) is 28.8 Å². The molecule has 3 aromatic rings. The molecule has 1 atom stereocenters. The summed E-state index contributed by atoms with van der Waals surface area (Å²) in [5.41, 5.74) is 2.00. The first-order chi connectivity index (χ1) is 13.4. The Kier molecular flexibility index (Phi) is 4.30. The van der Waals surface area contributed by atoms with Crippen molar-refractivity contribution in [2.45, 2.75) is 32.2 Å². The quantitative estimate of drug-likeness (QED) is 0.645. The Labute approximate surface area is 159 Å². The van der Waals surface area contributed by atoms with Crippen molar-refractivity contribution in [2.24, 2.45) is 0 Å². The van der Waals surface area contributed by atoms with Gasteiger partial charge in [-0.3, -0.25) is 9.36 Å². The van der Waals surface area contributed by atoms with Gasteiger partial charge in [0.1, 0.15) is 11.6 Å². The van der Waals surface area contributed by atoms with E-state index in [1.54, 1.807) is 19.1 Å². The van der Waals surface area contributed by atoms with Crippen LogP contribution in [0.4, 0.5) is 9.18 Å². The third kappa shape index (κ3) is 2.79. The molecule has 0 radical (unpaired) electrons. The van der Waals surface area contributed by atoms with Gasteiger partial charge < -0.3 is 15.5 Å². The van der Waals surface area contributed by atoms with E-state index in [1.807, 2.05) is 0 Å². The second kappa shape index (κ2) is 6.67. The van der Waals surface area contributed by atoms with Gasteiger partial charge in [-0.25, -0.2) is 9.18 Å². The fraction of sp³-hybridized carbons (Fsp3) is 0.238. The third-order valence-electron chi connectivity index (χ3n) is 5.23. The van der Waals surface area contributed by atoms with Gasteiger partial charge in [0.25, 0.3) is 5.56 Å². The number of rotatable bonds is 3. The highest BCUT2D eigenvalue weighted by Gasteiger charge is 2.27. The van der Waals surface area contributed by atoms with Crippen molar-refractivity contribution in [3.8, 4) is 11.4 Å². The summed E-state index contributed by atoms with van der Waals surface area (Å²) in [6, 6.07) is 8.16. The average molecular weight is 382 g/mol. The molecule has 3 N–H and O–H groups in total. The zero-order valence-corrected chi connectivity index (χ0v) is 15.2. The van der Waals surface area contributed by atoms with Gasteiger partial charge in [-0.1, -0.05) is 12.1 Å². The SMILES string of the molecule is C[C@H](NC(=O)O)c1c2c3c(ccc(O)c3c(=O)n1-c1cccc(F)c1)CCC2.